The summed E-state index contributed by atoms with van der Waals surface area (Å²) in [5, 5.41) is 11.1. The van der Waals surface area contributed by atoms with Crippen LogP contribution in [0.1, 0.15) is 49.4 Å². The number of nitrogens with one attached hydrogen (secondary N) is 2. The van der Waals surface area contributed by atoms with Gasteiger partial charge in [0.05, 0.1) is 11.7 Å². The molecule has 0 spiro atoms. The topological polar surface area (TPSA) is 57.8 Å². The molecule has 0 saturated heterocycles. The number of carbonyl (C=O) groups excluding carboxylic acids is 1. The normalized spacial score (nSPS) is 18.1. The quantitative estimate of drug-likeness (QED) is 0.900. The molecule has 4 heteroatoms. The van der Waals surface area contributed by atoms with Crippen molar-refractivity contribution in [3.05, 3.63) is 30.0 Å². The summed E-state index contributed by atoms with van der Waals surface area (Å²) >= 11 is 0. The molecule has 20 heavy (non-hydrogen) atoms. The highest BCUT2D eigenvalue weighted by Gasteiger charge is 2.21. The smallest absolute Gasteiger partial charge is 0.251 e. The third kappa shape index (κ3) is 2.69. The lowest BCUT2D eigenvalue weighted by atomic mass is 9.84. The molecule has 1 aromatic carbocycles. The Bertz CT molecular complexity index is 599. The van der Waals surface area contributed by atoms with Crippen LogP contribution in [0.4, 0.5) is 0 Å². The van der Waals surface area contributed by atoms with Gasteiger partial charge in [-0.15, -0.1) is 0 Å². The Balaban J connectivity index is 1.68. The molecule has 1 aliphatic rings. The Morgan fingerprint density at radius 3 is 2.95 bits per heavy atom. The van der Waals surface area contributed by atoms with E-state index in [0.717, 1.165) is 10.9 Å². The van der Waals surface area contributed by atoms with Gasteiger partial charge in [0.15, 0.2) is 0 Å². The van der Waals surface area contributed by atoms with Crippen LogP contribution in [0.5, 0.6) is 0 Å². The average molecular weight is 271 g/mol. The van der Waals surface area contributed by atoms with Gasteiger partial charge in [-0.05, 0) is 37.8 Å². The molecule has 1 atom stereocenters. The number of hydrogen-bond donors (Lipinski definition) is 2. The fourth-order valence-electron chi connectivity index (χ4n) is 3.12. The zero-order chi connectivity index (χ0) is 13.9. The molecule has 1 aromatic heterocycles. The maximum atomic E-state index is 12.3. The second-order valence-corrected chi connectivity index (χ2v) is 5.83. The second-order valence-electron chi connectivity index (χ2n) is 5.83. The van der Waals surface area contributed by atoms with E-state index in [4.69, 9.17) is 0 Å². The summed E-state index contributed by atoms with van der Waals surface area (Å²) < 4.78 is 0. The summed E-state index contributed by atoms with van der Waals surface area (Å²) in [6, 6.07) is 5.91. The van der Waals surface area contributed by atoms with E-state index in [1.54, 1.807) is 6.20 Å². The van der Waals surface area contributed by atoms with Crippen LogP contribution in [0, 0.1) is 5.92 Å². The predicted molar refractivity (Wildman–Crippen MR) is 79.6 cm³/mol. The van der Waals surface area contributed by atoms with Crippen molar-refractivity contribution in [2.45, 2.75) is 45.1 Å². The van der Waals surface area contributed by atoms with E-state index in [1.165, 1.54) is 32.1 Å². The SMILES string of the molecule is CC(NC(=O)c1ccc2cn[nH]c2c1)C1CCCCC1. The van der Waals surface area contributed by atoms with Crippen LogP contribution in [0.2, 0.25) is 0 Å². The van der Waals surface area contributed by atoms with Crippen LogP contribution in [0.25, 0.3) is 10.9 Å². The Morgan fingerprint density at radius 2 is 2.15 bits per heavy atom. The number of aromatic amines is 1. The fourth-order valence-corrected chi connectivity index (χ4v) is 3.12. The van der Waals surface area contributed by atoms with E-state index >= 15 is 0 Å². The van der Waals surface area contributed by atoms with Crippen molar-refractivity contribution in [2.24, 2.45) is 5.92 Å². The molecular weight excluding hydrogens is 250 g/mol. The molecule has 0 bridgehead atoms. The van der Waals surface area contributed by atoms with Gasteiger partial charge in [-0.2, -0.15) is 5.10 Å². The van der Waals surface area contributed by atoms with E-state index in [2.05, 4.69) is 22.4 Å². The van der Waals surface area contributed by atoms with E-state index < -0.39 is 0 Å². The summed E-state index contributed by atoms with van der Waals surface area (Å²) in [6.07, 6.45) is 8.17. The standard InChI is InChI=1S/C16H21N3O/c1-11(12-5-3-2-4-6-12)18-16(20)13-7-8-14-10-17-19-15(14)9-13/h7-12H,2-6H2,1H3,(H,17,19)(H,18,20). The lowest BCUT2D eigenvalue weighted by Crippen LogP contribution is -2.38. The van der Waals surface area contributed by atoms with Gasteiger partial charge in [0.25, 0.3) is 5.91 Å². The Kier molecular flexibility index (Phi) is 3.72. The van der Waals surface area contributed by atoms with Crippen molar-refractivity contribution in [3.8, 4) is 0 Å². The lowest BCUT2D eigenvalue weighted by Gasteiger charge is -2.28. The highest BCUT2D eigenvalue weighted by molar-refractivity contribution is 5.97. The molecule has 4 nitrogen and oxygen atoms in total. The predicted octanol–water partition coefficient (Wildman–Crippen LogP) is 3.26. The molecule has 1 fully saturated rings. The molecule has 2 aromatic rings. The molecule has 0 aliphatic heterocycles. The number of hydrogen-bond acceptors (Lipinski definition) is 2. The number of rotatable bonds is 3. The minimum Gasteiger partial charge on any atom is -0.349 e. The van der Waals surface area contributed by atoms with Crippen molar-refractivity contribution < 1.29 is 4.79 Å². The van der Waals surface area contributed by atoms with Crippen molar-refractivity contribution in [1.29, 1.82) is 0 Å². The molecule has 1 unspecified atom stereocenters. The fraction of sp³-hybridized carbons (Fsp3) is 0.500. The summed E-state index contributed by atoms with van der Waals surface area (Å²) in [4.78, 5) is 12.3. The van der Waals surface area contributed by atoms with Crippen molar-refractivity contribution in [2.75, 3.05) is 0 Å². The van der Waals surface area contributed by atoms with Crippen molar-refractivity contribution in [1.82, 2.24) is 15.5 Å². The molecule has 1 heterocycles. The zero-order valence-corrected chi connectivity index (χ0v) is 11.9. The first-order valence-corrected chi connectivity index (χ1v) is 7.48. The van der Waals surface area contributed by atoms with Crippen LogP contribution in [-0.2, 0) is 0 Å². The van der Waals surface area contributed by atoms with Gasteiger partial charge < -0.3 is 5.32 Å². The van der Waals surface area contributed by atoms with Crippen LogP contribution in [-0.4, -0.2) is 22.1 Å². The van der Waals surface area contributed by atoms with Crippen LogP contribution in [0.3, 0.4) is 0 Å². The Morgan fingerprint density at radius 1 is 1.35 bits per heavy atom. The number of benzene rings is 1. The maximum absolute atomic E-state index is 12.3. The monoisotopic (exact) mass is 271 g/mol. The summed E-state index contributed by atoms with van der Waals surface area (Å²) in [7, 11) is 0. The van der Waals surface area contributed by atoms with Crippen LogP contribution in [0.15, 0.2) is 24.4 Å². The number of carbonyl (C=O) groups is 1. The van der Waals surface area contributed by atoms with E-state index in [0.29, 0.717) is 11.5 Å². The second kappa shape index (κ2) is 5.65. The van der Waals surface area contributed by atoms with Crippen molar-refractivity contribution >= 4 is 16.8 Å². The third-order valence-corrected chi connectivity index (χ3v) is 4.42. The van der Waals surface area contributed by atoms with E-state index in [1.807, 2.05) is 18.2 Å². The first-order chi connectivity index (χ1) is 9.74. The zero-order valence-electron chi connectivity index (χ0n) is 11.9. The molecule has 3 rings (SSSR count). The van der Waals surface area contributed by atoms with Gasteiger partial charge in [-0.1, -0.05) is 25.3 Å². The van der Waals surface area contributed by atoms with Gasteiger partial charge in [0.2, 0.25) is 0 Å². The highest BCUT2D eigenvalue weighted by Crippen LogP contribution is 2.26. The molecule has 106 valence electrons. The summed E-state index contributed by atoms with van der Waals surface area (Å²) in [5.74, 6) is 0.642. The van der Waals surface area contributed by atoms with E-state index in [9.17, 15) is 4.79 Å². The van der Waals surface area contributed by atoms with E-state index in [-0.39, 0.29) is 11.9 Å². The minimum absolute atomic E-state index is 0.0135. The largest absolute Gasteiger partial charge is 0.349 e. The molecule has 2 N–H and O–H groups in total. The molecule has 1 amide bonds. The highest BCUT2D eigenvalue weighted by atomic mass is 16.1. The maximum Gasteiger partial charge on any atom is 0.251 e. The van der Waals surface area contributed by atoms with Gasteiger partial charge in [-0.25, -0.2) is 0 Å². The first-order valence-electron chi connectivity index (χ1n) is 7.48. The van der Waals surface area contributed by atoms with Gasteiger partial charge in [0, 0.05) is 17.0 Å². The number of H-pyrrole nitrogens is 1. The van der Waals surface area contributed by atoms with Crippen molar-refractivity contribution in [3.63, 3.8) is 0 Å². The third-order valence-electron chi connectivity index (χ3n) is 4.42. The van der Waals surface area contributed by atoms with Crippen LogP contribution >= 0.6 is 0 Å². The molecular formula is C16H21N3O. The lowest BCUT2D eigenvalue weighted by molar-refractivity contribution is 0.0919. The Hall–Kier alpha value is -1.84. The van der Waals surface area contributed by atoms with Crippen LogP contribution < -0.4 is 5.32 Å². The Labute approximate surface area is 119 Å². The first kappa shape index (κ1) is 13.2. The summed E-state index contributed by atoms with van der Waals surface area (Å²) in [5.41, 5.74) is 1.60. The van der Waals surface area contributed by atoms with Gasteiger partial charge in [-0.3, -0.25) is 9.89 Å². The minimum atomic E-state index is 0.0135. The number of aromatic nitrogens is 2. The molecule has 0 radical (unpaired) electrons. The molecule has 1 saturated carbocycles. The summed E-state index contributed by atoms with van der Waals surface area (Å²) in [6.45, 7) is 2.13. The average Bonchev–Trinajstić information content (AvgIpc) is 2.95. The number of fused-ring (bicyclic) bond motifs is 1. The molecule has 1 aliphatic carbocycles. The number of nitrogens with zero attached hydrogens (tertiary/aromatic N) is 1. The van der Waals surface area contributed by atoms with Gasteiger partial charge >= 0.3 is 0 Å². The van der Waals surface area contributed by atoms with Gasteiger partial charge in [0.1, 0.15) is 0 Å². The number of amides is 1.